The molecular formula is S114-2. The highest BCUT2D eigenvalue weighted by Crippen LogP contribution is 2.48. The summed E-state index contributed by atoms with van der Waals surface area (Å²) in [7, 11) is -3.24. The molecule has 0 rings (SSSR count). The van der Waals surface area contributed by atoms with Gasteiger partial charge in [0.1, 0.15) is 0 Å². The summed E-state index contributed by atoms with van der Waals surface area (Å²) in [6, 6.07) is 0. The molecule has 114 heavy (non-hydrogen) atoms. The maximum absolute atomic E-state index is 6.26. The summed E-state index contributed by atoms with van der Waals surface area (Å²) in [5, 5.41) is -145. The second-order valence-electron chi connectivity index (χ2n) is 15.1. The van der Waals surface area contributed by atoms with E-state index in [0.29, 0.717) is 0 Å². The molecule has 0 saturated heterocycles. The molecule has 0 bridgehead atoms. The van der Waals surface area contributed by atoms with E-state index in [4.69, 9.17) is 850 Å². The van der Waals surface area contributed by atoms with E-state index < -0.39 is 202 Å². The highest BCUT2D eigenvalue weighted by Gasteiger charge is 2.51. The van der Waals surface area contributed by atoms with Crippen molar-refractivity contribution in [2.45, 2.75) is 0 Å². The molecule has 0 N–H and O–H groups in total. The maximum Gasteiger partial charge on any atom is 0.0451 e. The van der Waals surface area contributed by atoms with Crippen molar-refractivity contribution in [2.24, 2.45) is 0 Å². The molecule has 0 radical (unpaired) electrons. The lowest BCUT2D eigenvalue weighted by molar-refractivity contribution is 4.96. The van der Waals surface area contributed by atoms with Gasteiger partial charge in [-0.15, -0.1) is 0 Å². The second kappa shape index (κ2) is 45.4. The maximum atomic E-state index is 6.26. The van der Waals surface area contributed by atoms with Crippen molar-refractivity contribution in [2.75, 3.05) is 0 Å². The van der Waals surface area contributed by atoms with Crippen molar-refractivity contribution in [1.29, 1.82) is 0 Å². The molecule has 686 valence electrons. The molecule has 0 aromatic rings. The predicted molar refractivity (Wildman–Crippen MR) is 840 cm³/mol. The predicted octanol–water partition coefficient (Wildman–Crippen LogP) is -0.274. The molecule has 0 fully saturated rings. The molecule has 0 spiro atoms. The highest BCUT2D eigenvalue weighted by molar-refractivity contribution is 9.84. The Balaban J connectivity index is 8.91. The van der Waals surface area contributed by atoms with E-state index in [1.54, 1.807) is 0 Å². The van der Waals surface area contributed by atoms with Gasteiger partial charge in [-0.25, -0.2) is 44.8 Å². The topological polar surface area (TPSA) is 0 Å². The summed E-state index contributed by atoms with van der Waals surface area (Å²) in [5.41, 5.74) is 0. The first-order chi connectivity index (χ1) is 47.6. The van der Waals surface area contributed by atoms with Crippen LogP contribution in [0.1, 0.15) is 0 Å². The molecule has 0 aliphatic heterocycles. The number of hydrogen-bond donors (Lipinski definition) is 0. The van der Waals surface area contributed by atoms with E-state index in [-0.39, 0.29) is 0 Å². The zero-order valence-electron chi connectivity index (χ0n) is 46.5. The Hall–Kier alpha value is 30.0. The molecular weight excluding hydrogens is 3660 g/mol. The van der Waals surface area contributed by atoms with Crippen molar-refractivity contribution in [3.8, 4) is 0 Å². The summed E-state index contributed by atoms with van der Waals surface area (Å²) in [6.45, 7) is 0. The fraction of sp³-hybridized carbons (Fsp3) is 0. The molecule has 0 heterocycles. The van der Waals surface area contributed by atoms with E-state index in [2.05, 4.69) is 0 Å². The van der Waals surface area contributed by atoms with Gasteiger partial charge in [0.15, 0.2) is 0 Å². The van der Waals surface area contributed by atoms with Gasteiger partial charge in [0, 0.05) is 177 Å². The summed E-state index contributed by atoms with van der Waals surface area (Å²) >= 11 is 463. The largest absolute Gasteiger partial charge is 0.271 e. The van der Waals surface area contributed by atoms with E-state index in [1.807, 2.05) is 0 Å². The van der Waals surface area contributed by atoms with Gasteiger partial charge in [-0.3, -0.25) is 14.1 Å². The molecule has 0 unspecified atom stereocenters. The normalized spacial score (nSPS) is 17.0. The minimum absolute atomic E-state index is 1.62. The molecule has 0 saturated carbocycles. The average Bonchev–Trinajstić information content (AvgIpc) is 0.676. The van der Waals surface area contributed by atoms with Gasteiger partial charge in [0.05, 0.1) is 0 Å². The second-order valence-corrected chi connectivity index (χ2v) is 408. The van der Waals surface area contributed by atoms with E-state index >= 15 is 0 Å². The Bertz CT molecular complexity index is 8540. The van der Waals surface area contributed by atoms with E-state index in [1.165, 1.54) is 0 Å². The average molecular weight is 3660 g/mol. The first-order valence-electron chi connectivity index (χ1n) is 18.8. The first kappa shape index (κ1) is 144. The van der Waals surface area contributed by atoms with Crippen LogP contribution in [0.25, 0.3) is 0 Å². The van der Waals surface area contributed by atoms with Crippen molar-refractivity contribution in [3.05, 3.63) is 0 Å². The van der Waals surface area contributed by atoms with Gasteiger partial charge in [-0.1, -0.05) is 55.2 Å². The number of hydrogen-bond acceptors (Lipinski definition) is 78. The van der Waals surface area contributed by atoms with Crippen LogP contribution < -0.4 is 0 Å². The smallest absolute Gasteiger partial charge is 0.0451 e. The summed E-state index contributed by atoms with van der Waals surface area (Å²) in [5.74, 6) is 0. The lowest BCUT2D eigenvalue weighted by Crippen LogP contribution is -2.41. The Morgan fingerprint density at radius 3 is 0.140 bits per heavy atom. The standard InChI is InChI=1S/S114/c1-77(2)79(5,6)81(9,10)83(13,14)85(17,18)87(21,22)89(25,26)91(29,30)93(33,34)95(37,38)97(41,42)99(45,46)101(49,50)103(53,54)105(57,58)107(61,62)109(65,66)111(69,70)113(73,74)114(75,76)112(71,72)110(67,68)108(63,64)106(59,60)104(55,56)102(51,52)100(47,48)98(43,44)96(39,40)94(35,36)92(31,32)90(27,28)88(23,24)86(19,20)84(15,16)82(11,12)80(7,8)78(3)4/q-2. The van der Waals surface area contributed by atoms with Gasteiger partial charge < -0.3 is 0 Å². The van der Waals surface area contributed by atoms with Gasteiger partial charge in [0.25, 0.3) is 0 Å². The fourth-order valence-corrected chi connectivity index (χ4v) is 876. The van der Waals surface area contributed by atoms with Crippen LogP contribution in [0.4, 0.5) is 0 Å². The van der Waals surface area contributed by atoms with E-state index in [0.717, 1.165) is 0 Å². The third-order valence-electron chi connectivity index (χ3n) is 9.08. The van der Waals surface area contributed by atoms with Gasteiger partial charge in [-0.05, 0) is 761 Å². The first-order valence-corrected chi connectivity index (χ1v) is 169. The monoisotopic (exact) mass is 3640 g/mol. The van der Waals surface area contributed by atoms with Crippen LogP contribution in [0, 0.1) is 0 Å². The van der Waals surface area contributed by atoms with Gasteiger partial charge >= 0.3 is 0 Å². The minimum Gasteiger partial charge on any atom is -0.271 e. The van der Waals surface area contributed by atoms with Crippen LogP contribution in [-0.2, 0) is 1050 Å². The van der Waals surface area contributed by atoms with Crippen molar-refractivity contribution in [3.63, 3.8) is 0 Å². The molecule has 0 amide bonds. The summed E-state index contributed by atoms with van der Waals surface area (Å²) in [6.07, 6.45) is 0. The number of rotatable bonds is 37. The van der Waals surface area contributed by atoms with Crippen LogP contribution in [-0.4, -0.2) is 0 Å². The molecule has 0 nitrogen and oxygen atoms in total. The molecule has 0 aromatic heterocycles. The minimum atomic E-state index is -4.28. The van der Waals surface area contributed by atoms with Crippen molar-refractivity contribution in [1.82, 2.24) is 0 Å². The van der Waals surface area contributed by atoms with Crippen LogP contribution in [0.15, 0.2) is 0 Å². The lowest BCUT2D eigenvalue weighted by Gasteiger charge is -2.37. The SMILES string of the molecule is S=[S-](=S)S(=S)(=S)S(=S)(=S)S(=S)(=S)S(=S)(=S)S(=S)(=S)S(=S)(=S)S(=S)(=S)S(=S)(=S)S(=S)(=S)S(=S)(=S)S(=S)(=S)S(=S)(=S)S(=S)(=S)S(=S)(=S)S(=S)(=S)S(=S)(=S)S(=S)(=S)S(=S)(=S)S(=S)(=S)S(=S)(=S)S(=S)(=S)S(=S)(=S)S(=S)(=S)S(=S)(=S)S(=S)(=S)S(=S)(=S)S(=S)(=S)S(=S)(=S)S(=S)(=S)S(=S)(=S)S(=S)(=S)S(=S)(=S)S(=S)(=S)S(=S)(=S)S(=S)(=S)S(=S)(=S)[S-](=S)=S. The van der Waals surface area contributed by atoms with Crippen molar-refractivity contribution < 1.29 is 0 Å². The molecule has 114 heteroatoms. The van der Waals surface area contributed by atoms with Crippen molar-refractivity contribution >= 4 is 1050 Å². The zero-order valence-corrected chi connectivity index (χ0v) is 140. The quantitative estimate of drug-likeness (QED) is 0.0593. The van der Waals surface area contributed by atoms with Crippen LogP contribution in [0.5, 0.6) is 0 Å². The summed E-state index contributed by atoms with van der Waals surface area (Å²) in [4.78, 5) is 0. The van der Waals surface area contributed by atoms with Gasteiger partial charge in [0.2, 0.25) is 0 Å². The Labute approximate surface area is 1020 Å². The highest BCUT2D eigenvalue weighted by atomic mass is 34.5. The molecule has 0 atom stereocenters. The lowest BCUT2D eigenvalue weighted by atomic mass is 29.7. The third-order valence-corrected chi connectivity index (χ3v) is 736. The molecule has 0 aliphatic rings. The third kappa shape index (κ3) is 22.2. The molecule has 0 aromatic carbocycles. The van der Waals surface area contributed by atoms with Gasteiger partial charge in [-0.2, -0.15) is 0 Å². The Morgan fingerprint density at radius 1 is 0.0702 bits per heavy atom. The van der Waals surface area contributed by atoms with Crippen LogP contribution in [0.2, 0.25) is 0 Å². The fourth-order valence-electron chi connectivity index (χ4n) is 3.61. The zero-order chi connectivity index (χ0) is 95.2. The van der Waals surface area contributed by atoms with E-state index in [9.17, 15) is 0 Å². The Morgan fingerprint density at radius 2 is 0.105 bits per heavy atom. The molecule has 0 aliphatic carbocycles. The Kier molecular flexibility index (Phi) is 57.4. The van der Waals surface area contributed by atoms with Crippen LogP contribution >= 0.6 is 0 Å². The summed E-state index contributed by atoms with van der Waals surface area (Å²) < 4.78 is 0. The van der Waals surface area contributed by atoms with Crippen LogP contribution in [0.3, 0.4) is 0 Å².